The number of methoxy groups -OCH3 is 1. The molecule has 0 atom stereocenters. The van der Waals surface area contributed by atoms with Gasteiger partial charge >= 0.3 is 5.76 Å². The van der Waals surface area contributed by atoms with Gasteiger partial charge in [-0.3, -0.25) is 4.98 Å². The molecule has 3 aromatic rings. The molecule has 3 heterocycles. The summed E-state index contributed by atoms with van der Waals surface area (Å²) in [5, 5.41) is 0. The van der Waals surface area contributed by atoms with Crippen molar-refractivity contribution in [1.82, 2.24) is 19.3 Å². The zero-order chi connectivity index (χ0) is 21.6. The number of H-pyrrole nitrogens is 1. The minimum atomic E-state index is -3.67. The van der Waals surface area contributed by atoms with Gasteiger partial charge in [0.15, 0.2) is 5.58 Å². The van der Waals surface area contributed by atoms with Gasteiger partial charge in [0.25, 0.3) is 0 Å². The van der Waals surface area contributed by atoms with Crippen molar-refractivity contribution in [3.8, 4) is 5.88 Å². The summed E-state index contributed by atoms with van der Waals surface area (Å²) >= 11 is 0. The van der Waals surface area contributed by atoms with E-state index in [-0.39, 0.29) is 10.9 Å². The van der Waals surface area contributed by atoms with E-state index in [0.717, 1.165) is 18.7 Å². The van der Waals surface area contributed by atoms with E-state index in [9.17, 15) is 13.2 Å². The number of fused-ring (bicyclic) bond motifs is 1. The molecule has 1 saturated heterocycles. The first-order valence-electron chi connectivity index (χ1n) is 10.2. The normalized spacial score (nSPS) is 18.4. The van der Waals surface area contributed by atoms with Gasteiger partial charge in [-0.25, -0.2) is 23.2 Å². The van der Waals surface area contributed by atoms with Crippen LogP contribution in [0.15, 0.2) is 44.7 Å². The van der Waals surface area contributed by atoms with Gasteiger partial charge in [-0.1, -0.05) is 0 Å². The molecule has 1 aliphatic carbocycles. The third-order valence-electron chi connectivity index (χ3n) is 5.89. The average molecular weight is 446 g/mol. The second-order valence-electron chi connectivity index (χ2n) is 7.86. The fourth-order valence-corrected chi connectivity index (χ4v) is 5.71. The number of sulfonamides is 1. The molecule has 0 amide bonds. The first kappa shape index (κ1) is 20.0. The zero-order valence-electron chi connectivity index (χ0n) is 17.0. The molecule has 10 nitrogen and oxygen atoms in total. The lowest BCUT2D eigenvalue weighted by Crippen LogP contribution is -2.48. The summed E-state index contributed by atoms with van der Waals surface area (Å²) in [7, 11) is -2.09. The van der Waals surface area contributed by atoms with Gasteiger partial charge in [-0.15, -0.1) is 0 Å². The highest BCUT2D eigenvalue weighted by Crippen LogP contribution is 2.36. The molecule has 0 spiro atoms. The summed E-state index contributed by atoms with van der Waals surface area (Å²) in [6.07, 6.45) is 5.11. The lowest BCUT2D eigenvalue weighted by atomic mass is 10.0. The molecule has 0 unspecified atom stereocenters. The first-order valence-corrected chi connectivity index (χ1v) is 11.7. The number of hydrogen-bond donors (Lipinski definition) is 1. The summed E-state index contributed by atoms with van der Waals surface area (Å²) in [6.45, 7) is 0.830. The Bertz CT molecular complexity index is 1260. The number of anilines is 1. The molecule has 0 radical (unpaired) electrons. The van der Waals surface area contributed by atoms with Crippen LogP contribution >= 0.6 is 0 Å². The maximum atomic E-state index is 13.2. The molecule has 2 fully saturated rings. The maximum absolute atomic E-state index is 13.2. The molecule has 1 N–H and O–H groups in total. The average Bonchev–Trinajstić information content (AvgIpc) is 3.53. The quantitative estimate of drug-likeness (QED) is 0.609. The number of rotatable bonds is 6. The van der Waals surface area contributed by atoms with Crippen LogP contribution in [0.25, 0.3) is 11.1 Å². The number of ether oxygens (including phenoxy) is 1. The van der Waals surface area contributed by atoms with Crippen LogP contribution in [-0.2, 0) is 10.0 Å². The molecule has 11 heteroatoms. The van der Waals surface area contributed by atoms with E-state index < -0.39 is 15.8 Å². The van der Waals surface area contributed by atoms with Crippen molar-refractivity contribution in [2.45, 2.75) is 42.7 Å². The van der Waals surface area contributed by atoms with Gasteiger partial charge in [0, 0.05) is 31.2 Å². The van der Waals surface area contributed by atoms with Crippen molar-refractivity contribution in [3.05, 3.63) is 41.1 Å². The van der Waals surface area contributed by atoms with E-state index in [1.54, 1.807) is 7.11 Å². The molecule has 0 bridgehead atoms. The fraction of sp³-hybridized carbons (Fsp3) is 0.450. The summed E-state index contributed by atoms with van der Waals surface area (Å²) < 4.78 is 38.0. The van der Waals surface area contributed by atoms with Crippen LogP contribution in [0.5, 0.6) is 5.88 Å². The number of piperidine rings is 1. The van der Waals surface area contributed by atoms with Crippen molar-refractivity contribution >= 4 is 26.9 Å². The molecule has 1 aromatic carbocycles. The molecule has 5 rings (SSSR count). The van der Waals surface area contributed by atoms with E-state index >= 15 is 0 Å². The summed E-state index contributed by atoms with van der Waals surface area (Å²) in [4.78, 5) is 24.8. The van der Waals surface area contributed by atoms with Crippen LogP contribution in [-0.4, -0.2) is 60.0 Å². The van der Waals surface area contributed by atoms with Gasteiger partial charge in [-0.2, -0.15) is 4.31 Å². The maximum Gasteiger partial charge on any atom is 0.417 e. The SMILES string of the molecule is COc1cc(N(C2CC2)C2CCN(S(=O)(=O)c3ccc4oc(=O)[nH]c4c3)CC2)ncn1. The van der Waals surface area contributed by atoms with Gasteiger partial charge in [0.1, 0.15) is 12.1 Å². The molecular formula is C20H23N5O5S. The molecule has 31 heavy (non-hydrogen) atoms. The Hall–Kier alpha value is -2.92. The first-order chi connectivity index (χ1) is 15.0. The van der Waals surface area contributed by atoms with E-state index in [1.807, 2.05) is 6.07 Å². The number of aromatic nitrogens is 3. The van der Waals surface area contributed by atoms with E-state index in [0.29, 0.717) is 49.0 Å². The zero-order valence-corrected chi connectivity index (χ0v) is 17.8. The van der Waals surface area contributed by atoms with Gasteiger partial charge in [0.2, 0.25) is 15.9 Å². The molecule has 2 aromatic heterocycles. The van der Waals surface area contributed by atoms with Crippen molar-refractivity contribution in [2.24, 2.45) is 0 Å². The molecule has 2 aliphatic rings. The Kier molecular flexibility index (Phi) is 4.94. The number of hydrogen-bond acceptors (Lipinski definition) is 8. The fourth-order valence-electron chi connectivity index (χ4n) is 4.21. The minimum absolute atomic E-state index is 0.148. The van der Waals surface area contributed by atoms with Crippen LogP contribution in [0.4, 0.5) is 5.82 Å². The number of nitrogens with one attached hydrogen (secondary N) is 1. The topological polar surface area (TPSA) is 122 Å². The monoisotopic (exact) mass is 445 g/mol. The number of nitrogens with zero attached hydrogens (tertiary/aromatic N) is 4. The smallest absolute Gasteiger partial charge is 0.417 e. The van der Waals surface area contributed by atoms with E-state index in [4.69, 9.17) is 9.15 Å². The Morgan fingerprint density at radius 1 is 1.13 bits per heavy atom. The Balaban J connectivity index is 1.34. The highest BCUT2D eigenvalue weighted by atomic mass is 32.2. The Labute approximate surface area is 178 Å². The van der Waals surface area contributed by atoms with Gasteiger partial charge in [0.05, 0.1) is 17.5 Å². The lowest BCUT2D eigenvalue weighted by Gasteiger charge is -2.39. The van der Waals surface area contributed by atoms with Crippen molar-refractivity contribution in [2.75, 3.05) is 25.1 Å². The third kappa shape index (κ3) is 3.79. The van der Waals surface area contributed by atoms with Crippen LogP contribution in [0, 0.1) is 0 Å². The molecule has 164 valence electrons. The number of benzene rings is 1. The summed E-state index contributed by atoms with van der Waals surface area (Å²) in [6, 6.07) is 6.89. The van der Waals surface area contributed by atoms with Crippen molar-refractivity contribution in [3.63, 3.8) is 0 Å². The Morgan fingerprint density at radius 3 is 2.58 bits per heavy atom. The third-order valence-corrected chi connectivity index (χ3v) is 7.78. The standard InChI is InChI=1S/C20H23N5O5S/c1-29-19-11-18(21-12-22-19)25(13-2-3-13)14-6-8-24(9-7-14)31(27,28)15-4-5-17-16(10-15)23-20(26)30-17/h4-5,10-14H,2-3,6-9H2,1H3,(H,23,26). The van der Waals surface area contributed by atoms with Gasteiger partial charge < -0.3 is 14.1 Å². The Morgan fingerprint density at radius 2 is 1.87 bits per heavy atom. The van der Waals surface area contributed by atoms with Crippen LogP contribution in [0.3, 0.4) is 0 Å². The predicted octanol–water partition coefficient (Wildman–Crippen LogP) is 1.74. The highest BCUT2D eigenvalue weighted by Gasteiger charge is 2.38. The van der Waals surface area contributed by atoms with E-state index in [2.05, 4.69) is 19.9 Å². The molecule has 1 saturated carbocycles. The van der Waals surface area contributed by atoms with Crippen LogP contribution < -0.4 is 15.4 Å². The highest BCUT2D eigenvalue weighted by molar-refractivity contribution is 7.89. The second-order valence-corrected chi connectivity index (χ2v) is 9.80. The van der Waals surface area contributed by atoms with E-state index in [1.165, 1.54) is 28.8 Å². The minimum Gasteiger partial charge on any atom is -0.481 e. The predicted molar refractivity (Wildman–Crippen MR) is 113 cm³/mol. The summed E-state index contributed by atoms with van der Waals surface area (Å²) in [5.74, 6) is 0.736. The largest absolute Gasteiger partial charge is 0.481 e. The van der Waals surface area contributed by atoms with Crippen molar-refractivity contribution < 1.29 is 17.6 Å². The lowest BCUT2D eigenvalue weighted by molar-refractivity contribution is 0.308. The van der Waals surface area contributed by atoms with Crippen LogP contribution in [0.2, 0.25) is 0 Å². The van der Waals surface area contributed by atoms with Crippen molar-refractivity contribution in [1.29, 1.82) is 0 Å². The molecule has 1 aliphatic heterocycles. The molecular weight excluding hydrogens is 422 g/mol. The number of aromatic amines is 1. The van der Waals surface area contributed by atoms with Gasteiger partial charge in [-0.05, 0) is 43.9 Å². The number of oxazole rings is 1. The van der Waals surface area contributed by atoms with Crippen LogP contribution in [0.1, 0.15) is 25.7 Å². The summed E-state index contributed by atoms with van der Waals surface area (Å²) in [5.41, 5.74) is 0.710. The second kappa shape index (κ2) is 7.65.